The molecule has 1 aliphatic rings. The van der Waals surface area contributed by atoms with Gasteiger partial charge in [0.25, 0.3) is 11.8 Å². The largest absolute Gasteiger partial charge is 0.354 e. The highest BCUT2D eigenvalue weighted by Crippen LogP contribution is 2.21. The first-order valence-electron chi connectivity index (χ1n) is 7.42. The number of amides is 3. The quantitative estimate of drug-likeness (QED) is 0.854. The number of imide groups is 1. The van der Waals surface area contributed by atoms with Gasteiger partial charge in [-0.15, -0.1) is 0 Å². The number of nitrogens with zero attached hydrogens (tertiary/aromatic N) is 1. The zero-order valence-electron chi connectivity index (χ0n) is 12.5. The van der Waals surface area contributed by atoms with Gasteiger partial charge in [-0.1, -0.05) is 42.5 Å². The van der Waals surface area contributed by atoms with Crippen molar-refractivity contribution >= 4 is 17.7 Å². The topological polar surface area (TPSA) is 66.5 Å². The molecule has 23 heavy (non-hydrogen) atoms. The summed E-state index contributed by atoms with van der Waals surface area (Å²) in [5.74, 6) is -0.737. The summed E-state index contributed by atoms with van der Waals surface area (Å²) in [6, 6.07) is 16.2. The summed E-state index contributed by atoms with van der Waals surface area (Å²) in [5, 5.41) is 2.74. The summed E-state index contributed by atoms with van der Waals surface area (Å²) in [6.45, 7) is 0.421. The number of hydrogen-bond acceptors (Lipinski definition) is 3. The Bertz CT molecular complexity index is 721. The Labute approximate surface area is 133 Å². The van der Waals surface area contributed by atoms with Crippen LogP contribution in [0.25, 0.3) is 0 Å². The second kappa shape index (κ2) is 6.44. The molecule has 3 rings (SSSR count). The first-order chi connectivity index (χ1) is 11.2. The van der Waals surface area contributed by atoms with Crippen molar-refractivity contribution in [3.63, 3.8) is 0 Å². The van der Waals surface area contributed by atoms with Gasteiger partial charge in [0.1, 0.15) is 0 Å². The standard InChI is InChI=1S/C18H16N2O3/c21-16(12-13-6-2-1-3-7-13)19-10-11-20-17(22)14-8-4-5-9-15(14)18(20)23/h1-9H,10-12H2,(H,19,21). The average molecular weight is 308 g/mol. The van der Waals surface area contributed by atoms with Crippen LogP contribution in [0.5, 0.6) is 0 Å². The van der Waals surface area contributed by atoms with E-state index in [2.05, 4.69) is 5.32 Å². The van der Waals surface area contributed by atoms with E-state index in [9.17, 15) is 14.4 Å². The number of hydrogen-bond donors (Lipinski definition) is 1. The third-order valence-electron chi connectivity index (χ3n) is 3.74. The Kier molecular flexibility index (Phi) is 4.19. The molecular formula is C18H16N2O3. The maximum atomic E-state index is 12.2. The lowest BCUT2D eigenvalue weighted by molar-refractivity contribution is -0.120. The van der Waals surface area contributed by atoms with Crippen molar-refractivity contribution in [3.05, 3.63) is 71.3 Å². The van der Waals surface area contributed by atoms with Crippen molar-refractivity contribution in [2.45, 2.75) is 6.42 Å². The molecule has 0 aromatic heterocycles. The highest BCUT2D eigenvalue weighted by molar-refractivity contribution is 6.21. The van der Waals surface area contributed by atoms with E-state index in [1.807, 2.05) is 30.3 Å². The highest BCUT2D eigenvalue weighted by atomic mass is 16.2. The van der Waals surface area contributed by atoms with E-state index in [4.69, 9.17) is 0 Å². The van der Waals surface area contributed by atoms with E-state index < -0.39 is 0 Å². The molecule has 0 saturated heterocycles. The van der Waals surface area contributed by atoms with Crippen LogP contribution in [0.3, 0.4) is 0 Å². The fraction of sp³-hybridized carbons (Fsp3) is 0.167. The summed E-state index contributed by atoms with van der Waals surface area (Å²) in [6.07, 6.45) is 0.281. The lowest BCUT2D eigenvalue weighted by Gasteiger charge is -2.14. The maximum absolute atomic E-state index is 12.2. The Balaban J connectivity index is 1.53. The van der Waals surface area contributed by atoms with Crippen molar-refractivity contribution in [2.75, 3.05) is 13.1 Å². The lowest BCUT2D eigenvalue weighted by Crippen LogP contribution is -2.38. The molecule has 0 aliphatic carbocycles. The van der Waals surface area contributed by atoms with Crippen molar-refractivity contribution in [2.24, 2.45) is 0 Å². The van der Waals surface area contributed by atoms with Crippen molar-refractivity contribution < 1.29 is 14.4 Å². The molecule has 0 atom stereocenters. The fourth-order valence-corrected chi connectivity index (χ4v) is 2.59. The normalized spacial score (nSPS) is 13.1. The number of fused-ring (bicyclic) bond motifs is 1. The van der Waals surface area contributed by atoms with Gasteiger partial charge in [0.05, 0.1) is 17.5 Å². The number of rotatable bonds is 5. The van der Waals surface area contributed by atoms with E-state index in [1.165, 1.54) is 4.90 Å². The van der Waals surface area contributed by atoms with Crippen LogP contribution in [-0.4, -0.2) is 35.7 Å². The van der Waals surface area contributed by atoms with Crippen LogP contribution in [0.4, 0.5) is 0 Å². The highest BCUT2D eigenvalue weighted by Gasteiger charge is 2.34. The summed E-state index contributed by atoms with van der Waals surface area (Å²) in [4.78, 5) is 37.4. The second-order valence-corrected chi connectivity index (χ2v) is 5.32. The van der Waals surface area contributed by atoms with Crippen LogP contribution in [0, 0.1) is 0 Å². The molecule has 2 aromatic rings. The minimum Gasteiger partial charge on any atom is -0.354 e. The SMILES string of the molecule is O=C(Cc1ccccc1)NCCN1C(=O)c2ccccc2C1=O. The predicted octanol–water partition coefficient (Wildman–Crippen LogP) is 1.64. The monoisotopic (exact) mass is 308 g/mol. The first-order valence-corrected chi connectivity index (χ1v) is 7.42. The van der Waals surface area contributed by atoms with Gasteiger partial charge in [-0.2, -0.15) is 0 Å². The maximum Gasteiger partial charge on any atom is 0.261 e. The molecular weight excluding hydrogens is 292 g/mol. The molecule has 2 aromatic carbocycles. The molecule has 0 radical (unpaired) electrons. The third kappa shape index (κ3) is 3.13. The zero-order chi connectivity index (χ0) is 16.2. The van der Waals surface area contributed by atoms with Gasteiger partial charge in [-0.3, -0.25) is 19.3 Å². The smallest absolute Gasteiger partial charge is 0.261 e. The minimum absolute atomic E-state index is 0.132. The molecule has 0 saturated carbocycles. The molecule has 5 nitrogen and oxygen atoms in total. The van der Waals surface area contributed by atoms with Crippen molar-refractivity contribution in [1.29, 1.82) is 0 Å². The molecule has 3 amide bonds. The van der Waals surface area contributed by atoms with Crippen LogP contribution < -0.4 is 5.32 Å². The van der Waals surface area contributed by atoms with E-state index >= 15 is 0 Å². The van der Waals surface area contributed by atoms with Gasteiger partial charge >= 0.3 is 0 Å². The van der Waals surface area contributed by atoms with Gasteiger partial charge in [0.2, 0.25) is 5.91 Å². The molecule has 116 valence electrons. The summed E-state index contributed by atoms with van der Waals surface area (Å²) in [7, 11) is 0. The Morgan fingerprint density at radius 2 is 1.43 bits per heavy atom. The number of nitrogens with one attached hydrogen (secondary N) is 1. The number of carbonyl (C=O) groups excluding carboxylic acids is 3. The van der Waals surface area contributed by atoms with E-state index in [1.54, 1.807) is 24.3 Å². The Morgan fingerprint density at radius 1 is 0.870 bits per heavy atom. The molecule has 0 spiro atoms. The Morgan fingerprint density at radius 3 is 2.04 bits per heavy atom. The first kappa shape index (κ1) is 15.0. The molecule has 1 N–H and O–H groups in total. The molecule has 5 heteroatoms. The molecule has 0 bridgehead atoms. The Hall–Kier alpha value is -2.95. The fourth-order valence-electron chi connectivity index (χ4n) is 2.59. The predicted molar refractivity (Wildman–Crippen MR) is 85.0 cm³/mol. The summed E-state index contributed by atoms with van der Waals surface area (Å²) < 4.78 is 0. The van der Waals surface area contributed by atoms with Crippen LogP contribution >= 0.6 is 0 Å². The lowest BCUT2D eigenvalue weighted by atomic mass is 10.1. The molecule has 1 aliphatic heterocycles. The summed E-state index contributed by atoms with van der Waals surface area (Å²) in [5.41, 5.74) is 1.77. The van der Waals surface area contributed by atoms with Crippen LogP contribution in [0.15, 0.2) is 54.6 Å². The van der Waals surface area contributed by atoms with Crippen LogP contribution in [-0.2, 0) is 11.2 Å². The van der Waals surface area contributed by atoms with E-state index in [0.717, 1.165) is 5.56 Å². The van der Waals surface area contributed by atoms with Crippen LogP contribution in [0.2, 0.25) is 0 Å². The summed E-state index contributed by atoms with van der Waals surface area (Å²) >= 11 is 0. The van der Waals surface area contributed by atoms with Gasteiger partial charge in [-0.05, 0) is 17.7 Å². The van der Waals surface area contributed by atoms with Crippen molar-refractivity contribution in [3.8, 4) is 0 Å². The molecule has 0 unspecified atom stereocenters. The third-order valence-corrected chi connectivity index (χ3v) is 3.74. The molecule has 0 fully saturated rings. The van der Waals surface area contributed by atoms with E-state index in [-0.39, 0.29) is 37.2 Å². The van der Waals surface area contributed by atoms with E-state index in [0.29, 0.717) is 11.1 Å². The van der Waals surface area contributed by atoms with Gasteiger partial charge in [0.15, 0.2) is 0 Å². The number of carbonyl (C=O) groups is 3. The average Bonchev–Trinajstić information content (AvgIpc) is 2.81. The van der Waals surface area contributed by atoms with Crippen molar-refractivity contribution in [1.82, 2.24) is 10.2 Å². The minimum atomic E-state index is -0.303. The number of benzene rings is 2. The van der Waals surface area contributed by atoms with Gasteiger partial charge in [-0.25, -0.2) is 0 Å². The molecule has 1 heterocycles. The van der Waals surface area contributed by atoms with Gasteiger partial charge < -0.3 is 5.32 Å². The van der Waals surface area contributed by atoms with Crippen LogP contribution in [0.1, 0.15) is 26.3 Å². The second-order valence-electron chi connectivity index (χ2n) is 5.32. The van der Waals surface area contributed by atoms with Gasteiger partial charge in [0, 0.05) is 13.1 Å². The zero-order valence-corrected chi connectivity index (χ0v) is 12.5.